The number of fused-ring (bicyclic) bond motifs is 2. The molecule has 0 saturated carbocycles. The third-order valence-corrected chi connectivity index (χ3v) is 10.6. The number of carboxylic acids is 1. The number of carbonyl (C=O) groups is 7. The number of benzene rings is 2. The van der Waals surface area contributed by atoms with Gasteiger partial charge in [-0.25, -0.2) is 9.48 Å². The van der Waals surface area contributed by atoms with Gasteiger partial charge in [-0.2, -0.15) is 0 Å². The molecule has 1 unspecified atom stereocenters. The zero-order valence-corrected chi connectivity index (χ0v) is 31.6. The van der Waals surface area contributed by atoms with Crippen molar-refractivity contribution in [1.29, 1.82) is 0 Å². The number of aromatic nitrogens is 4. The maximum Gasteiger partial charge on any atom is 0.352 e. The highest BCUT2D eigenvalue weighted by Crippen LogP contribution is 2.44. The third-order valence-electron chi connectivity index (χ3n) is 8.20. The van der Waals surface area contributed by atoms with Gasteiger partial charge in [-0.05, 0) is 33.7 Å². The number of aryl methyl sites for hydroxylation is 1. The summed E-state index contributed by atoms with van der Waals surface area (Å²) >= 11 is 2.39. The maximum absolute atomic E-state index is 13.9. The average Bonchev–Trinajstić information content (AvgIpc) is 3.56. The molecule has 0 bridgehead atoms. The molecule has 2 aromatic carbocycles. The molecule has 23 heteroatoms. The second-order valence-corrected chi connectivity index (χ2v) is 14.2. The summed E-state index contributed by atoms with van der Waals surface area (Å²) < 4.78 is 22.3. The maximum atomic E-state index is 13.9. The van der Waals surface area contributed by atoms with E-state index in [1.54, 1.807) is 7.05 Å². The van der Waals surface area contributed by atoms with Gasteiger partial charge in [0.1, 0.15) is 40.7 Å². The Kier molecular flexibility index (Phi) is 11.3. The number of hydrogen-bond acceptors (Lipinski definition) is 18. The minimum Gasteiger partial charge on any atom is -0.508 e. The Balaban J connectivity index is 1.29. The standard InChI is InChI=1S/C34H29N7O14S2/c1-13(42)53-21-9-19-25(46)20(10-52-26(19)28(55-15(3)44)27(21)54-14(2)43)29(47)35-22(16-5-7-18(45)8-6-16)30(48)36-23-31(49)41-24(33(50)51)17(11-56-32(23)41)12-57-34-37-38-39-40(34)4/h5-10,22-23,32,45H,11-12H2,1-4H3,(H,35,47)(H,36,48)(H,50,51)/t22?,23-,32+/m1/s1. The molecule has 0 spiro atoms. The van der Waals surface area contributed by atoms with Crippen LogP contribution in [0.4, 0.5) is 0 Å². The van der Waals surface area contributed by atoms with Gasteiger partial charge in [-0.1, -0.05) is 23.9 Å². The van der Waals surface area contributed by atoms with Gasteiger partial charge in [0.15, 0.2) is 11.3 Å². The van der Waals surface area contributed by atoms with Crippen molar-refractivity contribution >= 4 is 76.1 Å². The smallest absolute Gasteiger partial charge is 0.352 e. The van der Waals surface area contributed by atoms with E-state index < -0.39 is 98.3 Å². The predicted octanol–water partition coefficient (Wildman–Crippen LogP) is 0.800. The molecule has 1 saturated heterocycles. The molecular formula is C34H29N7O14S2. The molecular weight excluding hydrogens is 795 g/mol. The van der Waals surface area contributed by atoms with Gasteiger partial charge in [0.05, 0.1) is 5.39 Å². The number of nitrogens with one attached hydrogen (secondary N) is 2. The second kappa shape index (κ2) is 16.2. The van der Waals surface area contributed by atoms with Crippen molar-refractivity contribution in [3.8, 4) is 23.0 Å². The Morgan fingerprint density at radius 3 is 2.30 bits per heavy atom. The quantitative estimate of drug-likeness (QED) is 0.0665. The fourth-order valence-electron chi connectivity index (χ4n) is 5.77. The molecule has 3 atom stereocenters. The molecule has 2 aliphatic rings. The molecule has 4 aromatic rings. The van der Waals surface area contributed by atoms with Gasteiger partial charge in [-0.15, -0.1) is 16.9 Å². The van der Waals surface area contributed by atoms with Crippen LogP contribution in [0.3, 0.4) is 0 Å². The van der Waals surface area contributed by atoms with Gasteiger partial charge in [-0.3, -0.25) is 38.5 Å². The van der Waals surface area contributed by atoms with E-state index in [4.69, 9.17) is 18.6 Å². The van der Waals surface area contributed by atoms with E-state index in [0.717, 1.165) is 31.7 Å². The fourth-order valence-corrected chi connectivity index (χ4v) is 8.10. The highest BCUT2D eigenvalue weighted by Gasteiger charge is 2.54. The Morgan fingerprint density at radius 1 is 1.02 bits per heavy atom. The molecule has 0 radical (unpaired) electrons. The summed E-state index contributed by atoms with van der Waals surface area (Å²) in [6, 6.07) is 3.18. The lowest BCUT2D eigenvalue weighted by Crippen LogP contribution is -2.71. The van der Waals surface area contributed by atoms with Crippen LogP contribution in [0.2, 0.25) is 0 Å². The molecule has 6 rings (SSSR count). The molecule has 296 valence electrons. The molecule has 21 nitrogen and oxygen atoms in total. The number of nitrogens with zero attached hydrogens (tertiary/aromatic N) is 5. The normalized spacial score (nSPS) is 16.6. The zero-order valence-electron chi connectivity index (χ0n) is 30.0. The Bertz CT molecular complexity index is 2460. The number of phenolic OH excluding ortho intramolecular Hbond substituents is 1. The number of amides is 3. The van der Waals surface area contributed by atoms with Gasteiger partial charge in [0.2, 0.25) is 28.0 Å². The minimum atomic E-state index is -1.61. The Labute approximate surface area is 327 Å². The van der Waals surface area contributed by atoms with Gasteiger partial charge < -0.3 is 39.5 Å². The molecule has 0 aliphatic carbocycles. The van der Waals surface area contributed by atoms with Crippen LogP contribution in [0.15, 0.2) is 62.2 Å². The summed E-state index contributed by atoms with van der Waals surface area (Å²) in [7, 11) is 1.62. The minimum absolute atomic E-state index is 0.104. The molecule has 4 heterocycles. The molecule has 4 N–H and O–H groups in total. The van der Waals surface area contributed by atoms with Crippen molar-refractivity contribution in [1.82, 2.24) is 35.7 Å². The van der Waals surface area contributed by atoms with E-state index in [1.165, 1.54) is 52.5 Å². The van der Waals surface area contributed by atoms with Crippen LogP contribution in [0, 0.1) is 0 Å². The zero-order chi connectivity index (χ0) is 41.3. The van der Waals surface area contributed by atoms with Crippen LogP contribution >= 0.6 is 23.5 Å². The van der Waals surface area contributed by atoms with Crippen molar-refractivity contribution in [2.75, 3.05) is 11.5 Å². The van der Waals surface area contributed by atoms with E-state index in [2.05, 4.69) is 26.2 Å². The van der Waals surface area contributed by atoms with Crippen LogP contribution < -0.4 is 30.3 Å². The fraction of sp³-hybridized carbons (Fsp3) is 0.265. The predicted molar refractivity (Wildman–Crippen MR) is 194 cm³/mol. The number of hydrogen-bond donors (Lipinski definition) is 4. The number of esters is 3. The first-order valence-electron chi connectivity index (χ1n) is 16.4. The second-order valence-electron chi connectivity index (χ2n) is 12.2. The van der Waals surface area contributed by atoms with Crippen molar-refractivity contribution in [3.63, 3.8) is 0 Å². The first kappa shape index (κ1) is 39.9. The monoisotopic (exact) mass is 823 g/mol. The largest absolute Gasteiger partial charge is 0.508 e. The van der Waals surface area contributed by atoms with Crippen molar-refractivity contribution in [2.45, 2.75) is 43.4 Å². The Hall–Kier alpha value is -6.75. The van der Waals surface area contributed by atoms with Crippen LogP contribution in [0.25, 0.3) is 11.0 Å². The van der Waals surface area contributed by atoms with Crippen LogP contribution in [-0.2, 0) is 35.8 Å². The first-order chi connectivity index (χ1) is 27.0. The summed E-state index contributed by atoms with van der Waals surface area (Å²) in [6.45, 7) is 3.02. The lowest BCUT2D eigenvalue weighted by atomic mass is 10.0. The van der Waals surface area contributed by atoms with E-state index >= 15 is 0 Å². The summed E-state index contributed by atoms with van der Waals surface area (Å²) in [6.07, 6.45) is 0.699. The molecule has 2 aromatic heterocycles. The van der Waals surface area contributed by atoms with E-state index in [9.17, 15) is 48.6 Å². The number of β-lactam (4-membered cyclic amide) rings is 1. The van der Waals surface area contributed by atoms with Gasteiger partial charge >= 0.3 is 23.9 Å². The molecule has 1 fully saturated rings. The molecule has 3 amide bonds. The topological polar surface area (TPSA) is 289 Å². The van der Waals surface area contributed by atoms with Crippen LogP contribution in [0.1, 0.15) is 42.7 Å². The van der Waals surface area contributed by atoms with E-state index in [1.807, 2.05) is 0 Å². The van der Waals surface area contributed by atoms with Crippen molar-refractivity contribution in [2.24, 2.45) is 7.05 Å². The highest BCUT2D eigenvalue weighted by molar-refractivity contribution is 8.01. The number of rotatable bonds is 12. The SMILES string of the molecule is CC(=O)Oc1cc2c(=O)c(C(=O)NC(C(=O)N[C@@H]3C(=O)N4C(C(=O)O)=C(CSc5nnnn5C)CS[C@@H]34)c3ccc(O)cc3)coc2c(OC(C)=O)c1OC(C)=O. The number of aliphatic carboxylic acids is 1. The van der Waals surface area contributed by atoms with E-state index in [-0.39, 0.29) is 28.5 Å². The van der Waals surface area contributed by atoms with Gasteiger partial charge in [0.25, 0.3) is 11.8 Å². The number of tetrazole rings is 1. The van der Waals surface area contributed by atoms with Crippen molar-refractivity contribution < 1.29 is 62.4 Å². The number of carbonyl (C=O) groups excluding carboxylic acids is 6. The number of aromatic hydroxyl groups is 1. The average molecular weight is 824 g/mol. The molecule has 2 aliphatic heterocycles. The third kappa shape index (κ3) is 8.14. The summed E-state index contributed by atoms with van der Waals surface area (Å²) in [5.74, 6) is -8.48. The number of thioether (sulfide) groups is 2. The highest BCUT2D eigenvalue weighted by atomic mass is 32.2. The Morgan fingerprint density at radius 2 is 1.68 bits per heavy atom. The number of phenols is 1. The van der Waals surface area contributed by atoms with Gasteiger partial charge in [0, 0.05) is 45.4 Å². The summed E-state index contributed by atoms with van der Waals surface area (Å²) in [5, 5.41) is 35.3. The van der Waals surface area contributed by atoms with Crippen molar-refractivity contribution in [3.05, 3.63) is 69.2 Å². The number of carboxylic acid groups (broad SMARTS) is 1. The van der Waals surface area contributed by atoms with Crippen LogP contribution in [-0.4, -0.2) is 99.8 Å². The lowest BCUT2D eigenvalue weighted by Gasteiger charge is -2.49. The first-order valence-corrected chi connectivity index (χ1v) is 18.4. The summed E-state index contributed by atoms with van der Waals surface area (Å²) in [4.78, 5) is 104. The number of ether oxygens (including phenoxy) is 3. The molecule has 57 heavy (non-hydrogen) atoms. The summed E-state index contributed by atoms with van der Waals surface area (Å²) in [5.41, 5.74) is -1.91. The van der Waals surface area contributed by atoms with Crippen LogP contribution in [0.5, 0.6) is 23.0 Å². The van der Waals surface area contributed by atoms with E-state index in [0.29, 0.717) is 17.0 Å². The lowest BCUT2D eigenvalue weighted by molar-refractivity contribution is -0.151.